The number of rotatable bonds is 1. The van der Waals surface area contributed by atoms with Crippen molar-refractivity contribution >= 4 is 18.0 Å². The van der Waals surface area contributed by atoms with Crippen molar-refractivity contribution in [3.63, 3.8) is 0 Å². The molecular formula is C12H14N4. The van der Waals surface area contributed by atoms with Crippen molar-refractivity contribution in [1.29, 1.82) is 0 Å². The maximum atomic E-state index is 5.79. The Balaban J connectivity index is 2.86. The van der Waals surface area contributed by atoms with Gasteiger partial charge in [0.2, 0.25) is 0 Å². The Morgan fingerprint density at radius 1 is 1.31 bits per heavy atom. The van der Waals surface area contributed by atoms with E-state index in [9.17, 15) is 0 Å². The van der Waals surface area contributed by atoms with Crippen molar-refractivity contribution in [2.45, 2.75) is 13.8 Å². The summed E-state index contributed by atoms with van der Waals surface area (Å²) in [7, 11) is 0. The number of pyridine rings is 1. The third-order valence-corrected chi connectivity index (χ3v) is 2.43. The van der Waals surface area contributed by atoms with E-state index in [0.29, 0.717) is 5.82 Å². The van der Waals surface area contributed by atoms with Crippen molar-refractivity contribution < 1.29 is 0 Å². The second-order valence-corrected chi connectivity index (χ2v) is 3.41. The lowest BCUT2D eigenvalue weighted by atomic mass is 10.2. The third kappa shape index (κ3) is 1.69. The van der Waals surface area contributed by atoms with Crippen LogP contribution in [0, 0.1) is 0 Å². The highest BCUT2D eigenvalue weighted by molar-refractivity contribution is 5.47. The first kappa shape index (κ1) is 10.4. The Kier molecular flexibility index (Phi) is 2.72. The highest BCUT2D eigenvalue weighted by atomic mass is 15.0. The highest BCUT2D eigenvalue weighted by Crippen LogP contribution is 2.02. The SMILES string of the molecule is C/C=c1/c(-n2ccnc2)cc(N)n/c1=C/C. The fraction of sp³-hybridized carbons (Fsp3) is 0.167. The molecule has 2 heterocycles. The normalized spacial score (nSPS) is 13.4. The van der Waals surface area contributed by atoms with Crippen molar-refractivity contribution in [2.75, 3.05) is 5.73 Å². The molecule has 4 heteroatoms. The number of aromatic nitrogens is 3. The van der Waals surface area contributed by atoms with Gasteiger partial charge < -0.3 is 10.3 Å². The second-order valence-electron chi connectivity index (χ2n) is 3.41. The number of hydrogen-bond acceptors (Lipinski definition) is 3. The van der Waals surface area contributed by atoms with E-state index in [2.05, 4.69) is 9.97 Å². The minimum Gasteiger partial charge on any atom is -0.384 e. The summed E-state index contributed by atoms with van der Waals surface area (Å²) in [6.07, 6.45) is 9.36. The molecule has 0 aliphatic carbocycles. The van der Waals surface area contributed by atoms with Gasteiger partial charge in [0.15, 0.2) is 0 Å². The Bertz CT molecular complexity index is 597. The van der Waals surface area contributed by atoms with Crippen LogP contribution in [0.3, 0.4) is 0 Å². The molecular weight excluding hydrogens is 200 g/mol. The largest absolute Gasteiger partial charge is 0.384 e. The van der Waals surface area contributed by atoms with Gasteiger partial charge in [0, 0.05) is 23.7 Å². The average molecular weight is 214 g/mol. The first-order valence-corrected chi connectivity index (χ1v) is 5.14. The van der Waals surface area contributed by atoms with Gasteiger partial charge in [0.1, 0.15) is 5.82 Å². The third-order valence-electron chi connectivity index (χ3n) is 2.43. The highest BCUT2D eigenvalue weighted by Gasteiger charge is 2.01. The summed E-state index contributed by atoms with van der Waals surface area (Å²) in [5.41, 5.74) is 6.79. The van der Waals surface area contributed by atoms with Crippen LogP contribution in [-0.4, -0.2) is 14.5 Å². The molecule has 0 fully saturated rings. The van der Waals surface area contributed by atoms with E-state index >= 15 is 0 Å². The van der Waals surface area contributed by atoms with Crippen LogP contribution in [-0.2, 0) is 0 Å². The molecule has 82 valence electrons. The van der Waals surface area contributed by atoms with Gasteiger partial charge in [0.25, 0.3) is 0 Å². The molecule has 4 nitrogen and oxygen atoms in total. The maximum absolute atomic E-state index is 5.79. The summed E-state index contributed by atoms with van der Waals surface area (Å²) < 4.78 is 1.93. The fourth-order valence-corrected chi connectivity index (χ4v) is 1.71. The van der Waals surface area contributed by atoms with E-state index in [4.69, 9.17) is 5.73 Å². The molecule has 0 amide bonds. The molecule has 0 radical (unpaired) electrons. The number of imidazole rings is 1. The van der Waals surface area contributed by atoms with E-state index in [1.54, 1.807) is 12.5 Å². The van der Waals surface area contributed by atoms with Gasteiger partial charge in [-0.15, -0.1) is 0 Å². The van der Waals surface area contributed by atoms with Gasteiger partial charge in [0.05, 0.1) is 17.4 Å². The topological polar surface area (TPSA) is 56.7 Å². The molecule has 2 aromatic rings. The van der Waals surface area contributed by atoms with Crippen molar-refractivity contribution in [2.24, 2.45) is 0 Å². The molecule has 16 heavy (non-hydrogen) atoms. The molecule has 0 aromatic carbocycles. The lowest BCUT2D eigenvalue weighted by Crippen LogP contribution is -2.32. The summed E-state index contributed by atoms with van der Waals surface area (Å²) in [6, 6.07) is 1.85. The molecule has 0 saturated carbocycles. The lowest BCUT2D eigenvalue weighted by molar-refractivity contribution is 1.02. The molecule has 0 spiro atoms. The van der Waals surface area contributed by atoms with Crippen LogP contribution >= 0.6 is 0 Å². The number of nitrogens with zero attached hydrogens (tertiary/aromatic N) is 3. The molecule has 0 aliphatic rings. The average Bonchev–Trinajstić information content (AvgIpc) is 2.81. The van der Waals surface area contributed by atoms with Crippen LogP contribution in [0.2, 0.25) is 0 Å². The zero-order chi connectivity index (χ0) is 11.5. The minimum absolute atomic E-state index is 0.516. The zero-order valence-corrected chi connectivity index (χ0v) is 9.38. The molecule has 0 unspecified atom stereocenters. The Hall–Kier alpha value is -2.10. The van der Waals surface area contributed by atoms with Crippen LogP contribution < -0.4 is 16.3 Å². The van der Waals surface area contributed by atoms with Gasteiger partial charge >= 0.3 is 0 Å². The molecule has 0 saturated heterocycles. The van der Waals surface area contributed by atoms with Gasteiger partial charge in [-0.2, -0.15) is 0 Å². The Labute approximate surface area is 93.8 Å². The van der Waals surface area contributed by atoms with Gasteiger partial charge in [-0.3, -0.25) is 0 Å². The van der Waals surface area contributed by atoms with E-state index in [1.807, 2.05) is 42.8 Å². The zero-order valence-electron chi connectivity index (χ0n) is 9.38. The van der Waals surface area contributed by atoms with Crippen LogP contribution in [0.15, 0.2) is 24.8 Å². The van der Waals surface area contributed by atoms with E-state index in [0.717, 1.165) is 16.3 Å². The summed E-state index contributed by atoms with van der Waals surface area (Å²) >= 11 is 0. The maximum Gasteiger partial charge on any atom is 0.126 e. The van der Waals surface area contributed by atoms with E-state index < -0.39 is 0 Å². The number of hydrogen-bond donors (Lipinski definition) is 1. The first-order chi connectivity index (χ1) is 7.76. The standard InChI is InChI=1S/C12H14N4/c1-3-9-10(4-2)15-12(13)7-11(9)16-6-5-14-8-16/h3-8H,1-2H3,(H2,13,15)/b9-3+,10-4+. The fourth-order valence-electron chi connectivity index (χ4n) is 1.71. The molecule has 0 bridgehead atoms. The van der Waals surface area contributed by atoms with Gasteiger partial charge in [-0.25, -0.2) is 9.97 Å². The predicted octanol–water partition coefficient (Wildman–Crippen LogP) is 0.450. The molecule has 2 N–H and O–H groups in total. The summed E-state index contributed by atoms with van der Waals surface area (Å²) in [6.45, 7) is 3.94. The Morgan fingerprint density at radius 3 is 2.69 bits per heavy atom. The van der Waals surface area contributed by atoms with Crippen LogP contribution in [0.4, 0.5) is 5.82 Å². The molecule has 0 aliphatic heterocycles. The summed E-state index contributed by atoms with van der Waals surface area (Å²) in [5, 5.41) is 1.96. The number of nitrogen functional groups attached to an aromatic ring is 1. The van der Waals surface area contributed by atoms with Crippen molar-refractivity contribution in [3.8, 4) is 5.69 Å². The van der Waals surface area contributed by atoms with Crippen LogP contribution in [0.5, 0.6) is 0 Å². The Morgan fingerprint density at radius 2 is 2.12 bits per heavy atom. The monoisotopic (exact) mass is 214 g/mol. The van der Waals surface area contributed by atoms with E-state index in [-0.39, 0.29) is 0 Å². The van der Waals surface area contributed by atoms with Crippen LogP contribution in [0.25, 0.3) is 17.8 Å². The van der Waals surface area contributed by atoms with Crippen molar-refractivity contribution in [1.82, 2.24) is 14.5 Å². The van der Waals surface area contributed by atoms with E-state index in [1.165, 1.54) is 0 Å². The molecule has 0 atom stereocenters. The minimum atomic E-state index is 0.516. The first-order valence-electron chi connectivity index (χ1n) is 5.14. The lowest BCUT2D eigenvalue weighted by Gasteiger charge is -2.05. The predicted molar refractivity (Wildman–Crippen MR) is 65.3 cm³/mol. The molecule has 2 rings (SSSR count). The molecule has 2 aromatic heterocycles. The van der Waals surface area contributed by atoms with Crippen molar-refractivity contribution in [3.05, 3.63) is 35.4 Å². The number of nitrogens with two attached hydrogens (primary N) is 1. The quantitative estimate of drug-likeness (QED) is 0.750. The summed E-state index contributed by atoms with van der Waals surface area (Å²) in [4.78, 5) is 8.33. The van der Waals surface area contributed by atoms with Gasteiger partial charge in [-0.1, -0.05) is 12.2 Å². The van der Waals surface area contributed by atoms with Crippen LogP contribution in [0.1, 0.15) is 13.8 Å². The second kappa shape index (κ2) is 4.18. The smallest absolute Gasteiger partial charge is 0.126 e. The summed E-state index contributed by atoms with van der Waals surface area (Å²) in [5.74, 6) is 0.516. The number of anilines is 1. The van der Waals surface area contributed by atoms with Gasteiger partial charge in [-0.05, 0) is 13.8 Å².